The first-order valence-electron chi connectivity index (χ1n) is 6.65. The van der Waals surface area contributed by atoms with Crippen LogP contribution in [-0.4, -0.2) is 36.5 Å². The molecule has 0 atom stereocenters. The molecule has 0 unspecified atom stereocenters. The van der Waals surface area contributed by atoms with Gasteiger partial charge in [0.25, 0.3) is 0 Å². The number of halogens is 1. The highest BCUT2D eigenvalue weighted by Gasteiger charge is 2.18. The lowest BCUT2D eigenvalue weighted by atomic mass is 9.93. The van der Waals surface area contributed by atoms with E-state index in [2.05, 4.69) is 26.1 Å². The number of amides is 1. The monoisotopic (exact) mass is 262 g/mol. The lowest BCUT2D eigenvalue weighted by Crippen LogP contribution is -2.37. The van der Waals surface area contributed by atoms with Crippen LogP contribution in [-0.2, 0) is 4.79 Å². The number of nitrogens with zero attached hydrogens (tertiary/aromatic N) is 1. The molecule has 0 bridgehead atoms. The molecule has 0 aliphatic carbocycles. The molecule has 1 aliphatic rings. The molecule has 0 aromatic carbocycles. The normalized spacial score (nSPS) is 16.7. The number of carbonyl (C=O) groups excluding carboxylic acids is 1. The first-order chi connectivity index (χ1) is 7.65. The van der Waals surface area contributed by atoms with Gasteiger partial charge in [-0.3, -0.25) is 4.79 Å². The standard InChI is InChI=1S/C13H26N2O.ClH/c1-4-15(11(2)3)13(16)6-5-12-7-9-14-10-8-12;/h11-12,14H,4-10H2,1-3H3;1H. The van der Waals surface area contributed by atoms with Gasteiger partial charge in [-0.15, -0.1) is 12.4 Å². The van der Waals surface area contributed by atoms with Gasteiger partial charge in [0, 0.05) is 19.0 Å². The summed E-state index contributed by atoms with van der Waals surface area (Å²) in [5.41, 5.74) is 0. The van der Waals surface area contributed by atoms with Crippen molar-refractivity contribution in [3.05, 3.63) is 0 Å². The molecule has 0 aromatic heterocycles. The molecule has 0 aromatic rings. The molecule has 102 valence electrons. The van der Waals surface area contributed by atoms with E-state index in [9.17, 15) is 4.79 Å². The van der Waals surface area contributed by atoms with E-state index in [4.69, 9.17) is 0 Å². The maximum absolute atomic E-state index is 12.0. The lowest BCUT2D eigenvalue weighted by molar-refractivity contribution is -0.133. The van der Waals surface area contributed by atoms with Gasteiger partial charge in [0.2, 0.25) is 5.91 Å². The summed E-state index contributed by atoms with van der Waals surface area (Å²) in [6.07, 6.45) is 4.28. The second-order valence-corrected chi connectivity index (χ2v) is 5.01. The Morgan fingerprint density at radius 2 is 1.94 bits per heavy atom. The molecular formula is C13H27ClN2O. The number of piperidine rings is 1. The highest BCUT2D eigenvalue weighted by Crippen LogP contribution is 2.18. The first kappa shape index (κ1) is 16.7. The topological polar surface area (TPSA) is 32.3 Å². The number of hydrogen-bond acceptors (Lipinski definition) is 2. The van der Waals surface area contributed by atoms with Gasteiger partial charge in [-0.05, 0) is 59.0 Å². The van der Waals surface area contributed by atoms with Crippen LogP contribution in [0.2, 0.25) is 0 Å². The van der Waals surface area contributed by atoms with Gasteiger partial charge in [-0.2, -0.15) is 0 Å². The van der Waals surface area contributed by atoms with Crippen molar-refractivity contribution in [2.45, 2.75) is 52.5 Å². The van der Waals surface area contributed by atoms with Crippen LogP contribution in [0.15, 0.2) is 0 Å². The molecule has 0 saturated carbocycles. The highest BCUT2D eigenvalue weighted by molar-refractivity contribution is 5.85. The number of carbonyl (C=O) groups is 1. The summed E-state index contributed by atoms with van der Waals surface area (Å²) < 4.78 is 0. The molecule has 1 heterocycles. The zero-order valence-corrected chi connectivity index (χ0v) is 12.2. The summed E-state index contributed by atoms with van der Waals surface area (Å²) in [5.74, 6) is 1.09. The van der Waals surface area contributed by atoms with E-state index in [1.165, 1.54) is 12.8 Å². The quantitative estimate of drug-likeness (QED) is 0.826. The van der Waals surface area contributed by atoms with Crippen LogP contribution in [0.3, 0.4) is 0 Å². The third kappa shape index (κ3) is 5.73. The molecule has 1 fully saturated rings. The fourth-order valence-electron chi connectivity index (χ4n) is 2.47. The molecule has 1 rings (SSSR count). The Hall–Kier alpha value is -0.280. The Labute approximate surface area is 112 Å². The van der Waals surface area contributed by atoms with Crippen molar-refractivity contribution in [2.24, 2.45) is 5.92 Å². The lowest BCUT2D eigenvalue weighted by Gasteiger charge is -2.27. The van der Waals surface area contributed by atoms with Gasteiger partial charge in [0.15, 0.2) is 0 Å². The van der Waals surface area contributed by atoms with Crippen LogP contribution in [0.1, 0.15) is 46.5 Å². The van der Waals surface area contributed by atoms with Gasteiger partial charge >= 0.3 is 0 Å². The summed E-state index contributed by atoms with van der Waals surface area (Å²) >= 11 is 0. The largest absolute Gasteiger partial charge is 0.341 e. The van der Waals surface area contributed by atoms with E-state index in [1.807, 2.05) is 4.90 Å². The number of hydrogen-bond donors (Lipinski definition) is 1. The molecular weight excluding hydrogens is 236 g/mol. The Kier molecular flexibility index (Phi) is 8.61. The van der Waals surface area contributed by atoms with Crippen LogP contribution in [0.5, 0.6) is 0 Å². The first-order valence-corrected chi connectivity index (χ1v) is 6.65. The minimum absolute atomic E-state index is 0. The van der Waals surface area contributed by atoms with Crippen molar-refractivity contribution in [3.8, 4) is 0 Å². The van der Waals surface area contributed by atoms with E-state index >= 15 is 0 Å². The minimum atomic E-state index is 0. The zero-order valence-electron chi connectivity index (χ0n) is 11.4. The van der Waals surface area contributed by atoms with Crippen LogP contribution < -0.4 is 5.32 Å². The molecule has 1 aliphatic heterocycles. The summed E-state index contributed by atoms with van der Waals surface area (Å²) in [7, 11) is 0. The maximum Gasteiger partial charge on any atom is 0.222 e. The summed E-state index contributed by atoms with van der Waals surface area (Å²) in [4.78, 5) is 13.9. The van der Waals surface area contributed by atoms with Crippen molar-refractivity contribution in [3.63, 3.8) is 0 Å². The van der Waals surface area contributed by atoms with Gasteiger partial charge in [0.05, 0.1) is 0 Å². The second kappa shape index (κ2) is 8.76. The number of nitrogens with one attached hydrogen (secondary N) is 1. The van der Waals surface area contributed by atoms with E-state index in [0.717, 1.165) is 38.4 Å². The van der Waals surface area contributed by atoms with Crippen molar-refractivity contribution in [2.75, 3.05) is 19.6 Å². The molecule has 0 spiro atoms. The second-order valence-electron chi connectivity index (χ2n) is 5.01. The van der Waals surface area contributed by atoms with E-state index in [0.29, 0.717) is 11.9 Å². The fraction of sp³-hybridized carbons (Fsp3) is 0.923. The van der Waals surface area contributed by atoms with Gasteiger partial charge < -0.3 is 10.2 Å². The predicted octanol–water partition coefficient (Wildman–Crippen LogP) is 2.44. The Balaban J connectivity index is 0.00000256. The van der Waals surface area contributed by atoms with Crippen LogP contribution >= 0.6 is 12.4 Å². The molecule has 17 heavy (non-hydrogen) atoms. The van der Waals surface area contributed by atoms with Crippen LogP contribution in [0.4, 0.5) is 0 Å². The highest BCUT2D eigenvalue weighted by atomic mass is 35.5. The van der Waals surface area contributed by atoms with E-state index < -0.39 is 0 Å². The molecule has 1 amide bonds. The zero-order chi connectivity index (χ0) is 12.0. The SMILES string of the molecule is CCN(C(=O)CCC1CCNCC1)C(C)C.Cl. The minimum Gasteiger partial charge on any atom is -0.341 e. The van der Waals surface area contributed by atoms with Crippen molar-refractivity contribution >= 4 is 18.3 Å². The van der Waals surface area contributed by atoms with Crippen molar-refractivity contribution < 1.29 is 4.79 Å². The third-order valence-corrected chi connectivity index (χ3v) is 3.51. The Bertz CT molecular complexity index is 215. The van der Waals surface area contributed by atoms with Crippen molar-refractivity contribution in [1.29, 1.82) is 0 Å². The van der Waals surface area contributed by atoms with Gasteiger partial charge in [-0.1, -0.05) is 0 Å². The molecule has 3 nitrogen and oxygen atoms in total. The molecule has 1 N–H and O–H groups in total. The summed E-state index contributed by atoms with van der Waals surface area (Å²) in [5, 5.41) is 3.36. The van der Waals surface area contributed by atoms with E-state index in [1.54, 1.807) is 0 Å². The predicted molar refractivity (Wildman–Crippen MR) is 74.6 cm³/mol. The van der Waals surface area contributed by atoms with Crippen LogP contribution in [0, 0.1) is 5.92 Å². The summed E-state index contributed by atoms with van der Waals surface area (Å²) in [6.45, 7) is 9.32. The van der Waals surface area contributed by atoms with Gasteiger partial charge in [-0.25, -0.2) is 0 Å². The molecule has 4 heteroatoms. The van der Waals surface area contributed by atoms with Crippen LogP contribution in [0.25, 0.3) is 0 Å². The Morgan fingerprint density at radius 3 is 2.41 bits per heavy atom. The molecule has 0 radical (unpaired) electrons. The average Bonchev–Trinajstić information content (AvgIpc) is 2.28. The van der Waals surface area contributed by atoms with Gasteiger partial charge in [0.1, 0.15) is 0 Å². The number of rotatable bonds is 5. The summed E-state index contributed by atoms with van der Waals surface area (Å²) in [6, 6.07) is 0.338. The van der Waals surface area contributed by atoms with Crippen molar-refractivity contribution in [1.82, 2.24) is 10.2 Å². The average molecular weight is 263 g/mol. The molecule has 1 saturated heterocycles. The fourth-order valence-corrected chi connectivity index (χ4v) is 2.47. The Morgan fingerprint density at radius 1 is 1.35 bits per heavy atom. The van der Waals surface area contributed by atoms with E-state index in [-0.39, 0.29) is 12.4 Å². The maximum atomic E-state index is 12.0. The smallest absolute Gasteiger partial charge is 0.222 e. The third-order valence-electron chi connectivity index (χ3n) is 3.51.